The maximum absolute atomic E-state index is 12.9. The fraction of sp³-hybridized carbons (Fsp3) is 0.167. The predicted molar refractivity (Wildman–Crippen MR) is 117 cm³/mol. The van der Waals surface area contributed by atoms with Crippen molar-refractivity contribution in [2.75, 3.05) is 0 Å². The number of rotatable bonds is 4. The van der Waals surface area contributed by atoms with Gasteiger partial charge in [-0.15, -0.1) is 0 Å². The third kappa shape index (κ3) is 3.90. The molecule has 0 saturated carbocycles. The fourth-order valence-electron chi connectivity index (χ4n) is 3.43. The summed E-state index contributed by atoms with van der Waals surface area (Å²) in [6, 6.07) is 14.6. The highest BCUT2D eigenvalue weighted by Crippen LogP contribution is 2.23. The number of pyridine rings is 3. The van der Waals surface area contributed by atoms with Gasteiger partial charge < -0.3 is 9.88 Å². The van der Waals surface area contributed by atoms with Crippen LogP contribution in [0.15, 0.2) is 71.9 Å². The third-order valence-corrected chi connectivity index (χ3v) is 5.01. The number of aromatic nitrogens is 3. The second-order valence-corrected chi connectivity index (χ2v) is 7.70. The summed E-state index contributed by atoms with van der Waals surface area (Å²) in [6.45, 7) is 5.50. The van der Waals surface area contributed by atoms with Crippen LogP contribution in [0.2, 0.25) is 0 Å². The topological polar surface area (TPSA) is 88.1 Å². The Morgan fingerprint density at radius 1 is 1.13 bits per heavy atom. The van der Waals surface area contributed by atoms with Crippen LogP contribution in [0.5, 0.6) is 0 Å². The SMILES string of the molecule is Cc1ccc(-c2cccc(-n3cc(C(=O)NC(C)C)c(=O)c4cccnc43)c2)c[n+]1O. The van der Waals surface area contributed by atoms with Crippen LogP contribution < -0.4 is 15.5 Å². The van der Waals surface area contributed by atoms with Gasteiger partial charge in [-0.3, -0.25) is 14.8 Å². The zero-order valence-electron chi connectivity index (χ0n) is 17.5. The molecule has 7 nitrogen and oxygen atoms in total. The molecule has 0 fully saturated rings. The van der Waals surface area contributed by atoms with E-state index in [2.05, 4.69) is 10.3 Å². The summed E-state index contributed by atoms with van der Waals surface area (Å²) >= 11 is 0. The van der Waals surface area contributed by atoms with Gasteiger partial charge in [0.25, 0.3) is 5.91 Å². The molecule has 3 heterocycles. The Bertz CT molecular complexity index is 1360. The first-order chi connectivity index (χ1) is 14.8. The number of fused-ring (bicyclic) bond motifs is 1. The Balaban J connectivity index is 1.92. The Morgan fingerprint density at radius 2 is 1.94 bits per heavy atom. The first kappa shape index (κ1) is 20.3. The van der Waals surface area contributed by atoms with Crippen molar-refractivity contribution in [3.05, 3.63) is 88.6 Å². The molecule has 3 aromatic heterocycles. The van der Waals surface area contributed by atoms with Crippen LogP contribution in [0.4, 0.5) is 0 Å². The van der Waals surface area contributed by atoms with E-state index in [0.717, 1.165) is 27.2 Å². The largest absolute Gasteiger partial charge is 0.350 e. The number of hydrogen-bond acceptors (Lipinski definition) is 4. The average Bonchev–Trinajstić information content (AvgIpc) is 2.75. The normalized spacial score (nSPS) is 11.1. The highest BCUT2D eigenvalue weighted by molar-refractivity contribution is 5.97. The summed E-state index contributed by atoms with van der Waals surface area (Å²) in [5.41, 5.74) is 3.33. The second-order valence-electron chi connectivity index (χ2n) is 7.70. The van der Waals surface area contributed by atoms with E-state index >= 15 is 0 Å². The number of nitrogens with zero attached hydrogens (tertiary/aromatic N) is 3. The monoisotopic (exact) mass is 415 g/mol. The van der Waals surface area contributed by atoms with Crippen molar-refractivity contribution in [2.45, 2.75) is 26.8 Å². The lowest BCUT2D eigenvalue weighted by atomic mass is 10.1. The Morgan fingerprint density at radius 3 is 2.68 bits per heavy atom. The lowest BCUT2D eigenvalue weighted by Gasteiger charge is -2.14. The minimum absolute atomic E-state index is 0.0585. The smallest absolute Gasteiger partial charge is 0.256 e. The maximum Gasteiger partial charge on any atom is 0.256 e. The van der Waals surface area contributed by atoms with E-state index in [4.69, 9.17) is 0 Å². The molecule has 2 N–H and O–H groups in total. The number of nitrogens with one attached hydrogen (secondary N) is 1. The van der Waals surface area contributed by atoms with Gasteiger partial charge in [0.15, 0.2) is 0 Å². The van der Waals surface area contributed by atoms with E-state index in [1.54, 1.807) is 29.1 Å². The summed E-state index contributed by atoms with van der Waals surface area (Å²) in [4.78, 5) is 30.0. The predicted octanol–water partition coefficient (Wildman–Crippen LogP) is 3.02. The van der Waals surface area contributed by atoms with Crippen LogP contribution in [-0.2, 0) is 0 Å². The molecule has 4 aromatic rings. The number of carbonyl (C=O) groups is 1. The molecule has 0 spiro atoms. The minimum atomic E-state index is -0.421. The maximum atomic E-state index is 12.9. The number of hydrogen-bond donors (Lipinski definition) is 2. The number of benzene rings is 1. The average molecular weight is 415 g/mol. The van der Waals surface area contributed by atoms with E-state index < -0.39 is 5.91 Å². The van der Waals surface area contributed by atoms with Gasteiger partial charge in [0.05, 0.1) is 10.9 Å². The van der Waals surface area contributed by atoms with Gasteiger partial charge >= 0.3 is 0 Å². The molecule has 0 atom stereocenters. The van der Waals surface area contributed by atoms with Gasteiger partial charge in [-0.2, -0.15) is 0 Å². The van der Waals surface area contributed by atoms with Crippen molar-refractivity contribution in [3.63, 3.8) is 0 Å². The summed E-state index contributed by atoms with van der Waals surface area (Å²) in [5, 5.41) is 13.2. The number of carbonyl (C=O) groups excluding carboxylic acids is 1. The van der Waals surface area contributed by atoms with Gasteiger partial charge in [0, 0.05) is 41.8 Å². The van der Waals surface area contributed by atoms with Crippen LogP contribution in [0.3, 0.4) is 0 Å². The van der Waals surface area contributed by atoms with Crippen LogP contribution in [0, 0.1) is 6.92 Å². The Labute approximate surface area is 179 Å². The molecule has 31 heavy (non-hydrogen) atoms. The van der Waals surface area contributed by atoms with Crippen LogP contribution in [-0.4, -0.2) is 26.7 Å². The van der Waals surface area contributed by atoms with Crippen LogP contribution in [0.1, 0.15) is 29.9 Å². The zero-order chi connectivity index (χ0) is 22.1. The van der Waals surface area contributed by atoms with Gasteiger partial charge in [-0.1, -0.05) is 12.1 Å². The Kier molecular flexibility index (Phi) is 5.25. The Hall–Kier alpha value is -4.00. The van der Waals surface area contributed by atoms with Gasteiger partial charge in [-0.05, 0) is 49.7 Å². The quantitative estimate of drug-likeness (QED) is 0.396. The van der Waals surface area contributed by atoms with E-state index in [1.807, 2.05) is 57.2 Å². The van der Waals surface area contributed by atoms with Gasteiger partial charge in [0.2, 0.25) is 17.3 Å². The molecule has 0 bridgehead atoms. The number of aryl methyl sites for hydroxylation is 1. The summed E-state index contributed by atoms with van der Waals surface area (Å²) in [5.74, 6) is -0.421. The molecule has 1 aromatic carbocycles. The third-order valence-electron chi connectivity index (χ3n) is 5.01. The lowest BCUT2D eigenvalue weighted by molar-refractivity contribution is -0.908. The highest BCUT2D eigenvalue weighted by atomic mass is 16.5. The molecule has 0 saturated heterocycles. The molecule has 0 radical (unpaired) electrons. The summed E-state index contributed by atoms with van der Waals surface area (Å²) in [7, 11) is 0. The lowest BCUT2D eigenvalue weighted by Crippen LogP contribution is -2.34. The molecule has 0 unspecified atom stereocenters. The van der Waals surface area contributed by atoms with Crippen molar-refractivity contribution >= 4 is 16.9 Å². The standard InChI is InChI=1S/C24H22N4O3/c1-15(2)26-24(30)21-14-27(23-20(22(21)29)8-5-11-25-23)19-7-4-6-17(12-19)18-10-9-16(3)28(31)13-18/h4-15H,1-3H3,(H-,26,30,31)/p+1. The van der Waals surface area contributed by atoms with Crippen LogP contribution in [0.25, 0.3) is 27.8 Å². The summed E-state index contributed by atoms with van der Waals surface area (Å²) < 4.78 is 2.82. The second kappa shape index (κ2) is 8.02. The van der Waals surface area contributed by atoms with E-state index in [-0.39, 0.29) is 17.0 Å². The number of amides is 1. The van der Waals surface area contributed by atoms with E-state index in [1.165, 1.54) is 6.20 Å². The van der Waals surface area contributed by atoms with Crippen molar-refractivity contribution in [1.82, 2.24) is 14.9 Å². The highest BCUT2D eigenvalue weighted by Gasteiger charge is 2.18. The first-order valence-corrected chi connectivity index (χ1v) is 9.99. The van der Waals surface area contributed by atoms with E-state index in [0.29, 0.717) is 11.0 Å². The molecule has 0 aliphatic rings. The van der Waals surface area contributed by atoms with Gasteiger partial charge in [-0.25, -0.2) is 4.98 Å². The van der Waals surface area contributed by atoms with Crippen molar-refractivity contribution in [1.29, 1.82) is 0 Å². The molecule has 4 rings (SSSR count). The zero-order valence-corrected chi connectivity index (χ0v) is 17.5. The molecule has 0 aliphatic heterocycles. The van der Waals surface area contributed by atoms with Crippen LogP contribution >= 0.6 is 0 Å². The molecule has 1 amide bonds. The molecule has 0 aliphatic carbocycles. The van der Waals surface area contributed by atoms with Gasteiger partial charge in [0.1, 0.15) is 11.2 Å². The molecule has 156 valence electrons. The molecule has 7 heteroatoms. The molecular formula is C24H23N4O3+. The van der Waals surface area contributed by atoms with Crippen molar-refractivity contribution in [3.8, 4) is 16.8 Å². The van der Waals surface area contributed by atoms with E-state index in [9.17, 15) is 14.8 Å². The van der Waals surface area contributed by atoms with Crippen molar-refractivity contribution < 1.29 is 14.7 Å². The molecular weight excluding hydrogens is 392 g/mol. The fourth-order valence-corrected chi connectivity index (χ4v) is 3.43. The summed E-state index contributed by atoms with van der Waals surface area (Å²) in [6.07, 6.45) is 4.79. The minimum Gasteiger partial charge on any atom is -0.350 e. The first-order valence-electron chi connectivity index (χ1n) is 9.99. The van der Waals surface area contributed by atoms with Crippen molar-refractivity contribution in [2.24, 2.45) is 0 Å².